The molecule has 2 N–H and O–H groups in total. The molecule has 0 aliphatic carbocycles. The number of hydrogen-bond acceptors (Lipinski definition) is 3. The van der Waals surface area contributed by atoms with Gasteiger partial charge in [-0.25, -0.2) is 0 Å². The number of amides is 1. The Labute approximate surface area is 120 Å². The lowest BCUT2D eigenvalue weighted by atomic mass is 9.84. The first-order chi connectivity index (χ1) is 9.52. The summed E-state index contributed by atoms with van der Waals surface area (Å²) in [5.41, 5.74) is 6.80. The molecular formula is C16H24N2O2. The van der Waals surface area contributed by atoms with Crippen molar-refractivity contribution in [1.29, 1.82) is 0 Å². The predicted octanol–water partition coefficient (Wildman–Crippen LogP) is 2.17. The molecule has 1 amide bonds. The van der Waals surface area contributed by atoms with Gasteiger partial charge in [0.15, 0.2) is 6.61 Å². The standard InChI is InChI=1S/C16H24N2O2/c1-16(2)8-5-9-18(12-16)15(19)11-20-14-7-4-3-6-13(14)10-17/h3-4,6-7H,5,8-12,17H2,1-2H3. The van der Waals surface area contributed by atoms with Gasteiger partial charge >= 0.3 is 0 Å². The molecule has 0 unspecified atom stereocenters. The largest absolute Gasteiger partial charge is 0.483 e. The summed E-state index contributed by atoms with van der Waals surface area (Å²) in [5.74, 6) is 0.768. The summed E-state index contributed by atoms with van der Waals surface area (Å²) in [4.78, 5) is 14.1. The minimum atomic E-state index is 0.0598. The van der Waals surface area contributed by atoms with Crippen molar-refractivity contribution < 1.29 is 9.53 Å². The maximum atomic E-state index is 12.2. The quantitative estimate of drug-likeness (QED) is 0.917. The van der Waals surface area contributed by atoms with Crippen molar-refractivity contribution in [3.05, 3.63) is 29.8 Å². The van der Waals surface area contributed by atoms with Gasteiger partial charge < -0.3 is 15.4 Å². The van der Waals surface area contributed by atoms with Crippen LogP contribution in [0.4, 0.5) is 0 Å². The first kappa shape index (κ1) is 14.9. The monoisotopic (exact) mass is 276 g/mol. The summed E-state index contributed by atoms with van der Waals surface area (Å²) in [7, 11) is 0. The van der Waals surface area contributed by atoms with Crippen LogP contribution >= 0.6 is 0 Å². The Bertz CT molecular complexity index is 471. The van der Waals surface area contributed by atoms with Crippen LogP contribution in [0, 0.1) is 5.41 Å². The van der Waals surface area contributed by atoms with E-state index in [1.807, 2.05) is 29.2 Å². The predicted molar refractivity (Wildman–Crippen MR) is 79.4 cm³/mol. The molecule has 20 heavy (non-hydrogen) atoms. The van der Waals surface area contributed by atoms with E-state index in [2.05, 4.69) is 13.8 Å². The fourth-order valence-electron chi connectivity index (χ4n) is 2.68. The Kier molecular flexibility index (Phi) is 4.65. The summed E-state index contributed by atoms with van der Waals surface area (Å²) in [6.45, 7) is 6.57. The van der Waals surface area contributed by atoms with Crippen molar-refractivity contribution >= 4 is 5.91 Å². The first-order valence-electron chi connectivity index (χ1n) is 7.20. The van der Waals surface area contributed by atoms with Crippen molar-refractivity contribution in [2.75, 3.05) is 19.7 Å². The first-order valence-corrected chi connectivity index (χ1v) is 7.20. The van der Waals surface area contributed by atoms with Crippen molar-refractivity contribution in [3.8, 4) is 5.75 Å². The molecular weight excluding hydrogens is 252 g/mol. The summed E-state index contributed by atoms with van der Waals surface area (Å²) in [6, 6.07) is 7.59. The van der Waals surface area contributed by atoms with Crippen molar-refractivity contribution in [1.82, 2.24) is 4.90 Å². The second kappa shape index (κ2) is 6.27. The minimum Gasteiger partial charge on any atom is -0.483 e. The van der Waals surface area contributed by atoms with Gasteiger partial charge in [-0.05, 0) is 24.3 Å². The molecule has 0 spiro atoms. The number of ether oxygens (including phenoxy) is 1. The number of carbonyl (C=O) groups excluding carboxylic acids is 1. The van der Waals surface area contributed by atoms with Crippen LogP contribution in [0.15, 0.2) is 24.3 Å². The van der Waals surface area contributed by atoms with Crippen LogP contribution in [-0.2, 0) is 11.3 Å². The zero-order valence-electron chi connectivity index (χ0n) is 12.4. The molecule has 0 atom stereocenters. The van der Waals surface area contributed by atoms with E-state index in [1.165, 1.54) is 6.42 Å². The van der Waals surface area contributed by atoms with E-state index < -0.39 is 0 Å². The number of benzene rings is 1. The van der Waals surface area contributed by atoms with E-state index in [0.29, 0.717) is 12.3 Å². The number of nitrogens with two attached hydrogens (primary N) is 1. The van der Waals surface area contributed by atoms with Gasteiger partial charge in [0.2, 0.25) is 0 Å². The lowest BCUT2D eigenvalue weighted by molar-refractivity contribution is -0.136. The zero-order valence-corrected chi connectivity index (χ0v) is 12.4. The van der Waals surface area contributed by atoms with E-state index >= 15 is 0 Å². The van der Waals surface area contributed by atoms with Crippen LogP contribution in [0.1, 0.15) is 32.3 Å². The number of hydrogen-bond donors (Lipinski definition) is 1. The lowest BCUT2D eigenvalue weighted by Crippen LogP contribution is -2.45. The van der Waals surface area contributed by atoms with E-state index in [4.69, 9.17) is 10.5 Å². The Balaban J connectivity index is 1.92. The van der Waals surface area contributed by atoms with Crippen LogP contribution in [0.5, 0.6) is 5.75 Å². The molecule has 4 nitrogen and oxygen atoms in total. The minimum absolute atomic E-state index is 0.0598. The summed E-state index contributed by atoms with van der Waals surface area (Å²) in [5, 5.41) is 0. The molecule has 1 aromatic carbocycles. The molecule has 0 bridgehead atoms. The fourth-order valence-corrected chi connectivity index (χ4v) is 2.68. The highest BCUT2D eigenvalue weighted by atomic mass is 16.5. The van der Waals surface area contributed by atoms with E-state index in [9.17, 15) is 4.79 Å². The third-order valence-corrected chi connectivity index (χ3v) is 3.80. The molecule has 2 rings (SSSR count). The number of carbonyl (C=O) groups is 1. The molecule has 0 saturated carbocycles. The van der Waals surface area contributed by atoms with Crippen molar-refractivity contribution in [2.45, 2.75) is 33.2 Å². The fraction of sp³-hybridized carbons (Fsp3) is 0.562. The summed E-state index contributed by atoms with van der Waals surface area (Å²) >= 11 is 0. The molecule has 110 valence electrons. The normalized spacial score (nSPS) is 17.9. The van der Waals surface area contributed by atoms with Gasteiger partial charge in [0.25, 0.3) is 5.91 Å². The molecule has 4 heteroatoms. The van der Waals surface area contributed by atoms with Gasteiger partial charge in [-0.1, -0.05) is 32.0 Å². The maximum Gasteiger partial charge on any atom is 0.260 e. The summed E-state index contributed by atoms with van der Waals surface area (Å²) < 4.78 is 5.64. The average molecular weight is 276 g/mol. The second-order valence-corrected chi connectivity index (χ2v) is 6.18. The highest BCUT2D eigenvalue weighted by Gasteiger charge is 2.29. The van der Waals surface area contributed by atoms with Crippen LogP contribution in [0.2, 0.25) is 0 Å². The van der Waals surface area contributed by atoms with Crippen molar-refractivity contribution in [2.24, 2.45) is 11.1 Å². The second-order valence-electron chi connectivity index (χ2n) is 6.18. The zero-order chi connectivity index (χ0) is 14.6. The van der Waals surface area contributed by atoms with Crippen LogP contribution in [0.25, 0.3) is 0 Å². The topological polar surface area (TPSA) is 55.6 Å². The van der Waals surface area contributed by atoms with Gasteiger partial charge in [0, 0.05) is 25.2 Å². The Morgan fingerprint density at radius 1 is 1.40 bits per heavy atom. The number of para-hydroxylation sites is 1. The van der Waals surface area contributed by atoms with Gasteiger partial charge in [-0.2, -0.15) is 0 Å². The van der Waals surface area contributed by atoms with Crippen molar-refractivity contribution in [3.63, 3.8) is 0 Å². The SMILES string of the molecule is CC1(C)CCCN(C(=O)COc2ccccc2CN)C1. The third kappa shape index (κ3) is 3.73. The van der Waals surface area contributed by atoms with E-state index in [1.54, 1.807) is 0 Å². The van der Waals surface area contributed by atoms with Gasteiger partial charge in [0.1, 0.15) is 5.75 Å². The van der Waals surface area contributed by atoms with Gasteiger partial charge in [0.05, 0.1) is 0 Å². The number of piperidine rings is 1. The van der Waals surface area contributed by atoms with E-state index in [-0.39, 0.29) is 17.9 Å². The average Bonchev–Trinajstić information content (AvgIpc) is 2.44. The Hall–Kier alpha value is -1.55. The van der Waals surface area contributed by atoms with Crippen LogP contribution in [-0.4, -0.2) is 30.5 Å². The Morgan fingerprint density at radius 3 is 2.85 bits per heavy atom. The molecule has 1 heterocycles. The summed E-state index contributed by atoms with van der Waals surface area (Å²) in [6.07, 6.45) is 2.24. The molecule has 0 radical (unpaired) electrons. The molecule has 1 aliphatic rings. The van der Waals surface area contributed by atoms with Crippen LogP contribution in [0.3, 0.4) is 0 Å². The van der Waals surface area contributed by atoms with Crippen LogP contribution < -0.4 is 10.5 Å². The van der Waals surface area contributed by atoms with E-state index in [0.717, 1.165) is 25.1 Å². The lowest BCUT2D eigenvalue weighted by Gasteiger charge is -2.38. The highest BCUT2D eigenvalue weighted by molar-refractivity contribution is 5.78. The Morgan fingerprint density at radius 2 is 2.15 bits per heavy atom. The number of rotatable bonds is 4. The highest BCUT2D eigenvalue weighted by Crippen LogP contribution is 2.28. The maximum absolute atomic E-state index is 12.2. The smallest absolute Gasteiger partial charge is 0.260 e. The van der Waals surface area contributed by atoms with Gasteiger partial charge in [-0.15, -0.1) is 0 Å². The van der Waals surface area contributed by atoms with Gasteiger partial charge in [-0.3, -0.25) is 4.79 Å². The molecule has 0 aromatic heterocycles. The number of likely N-dealkylation sites (tertiary alicyclic amines) is 1. The number of nitrogens with zero attached hydrogens (tertiary/aromatic N) is 1. The molecule has 1 aliphatic heterocycles. The molecule has 1 aromatic rings. The molecule has 1 saturated heterocycles. The third-order valence-electron chi connectivity index (χ3n) is 3.80. The molecule has 1 fully saturated rings.